The lowest BCUT2D eigenvalue weighted by atomic mass is 10.3. The van der Waals surface area contributed by atoms with Gasteiger partial charge in [0.2, 0.25) is 0 Å². The van der Waals surface area contributed by atoms with Crippen LogP contribution in [-0.2, 0) is 0 Å². The van der Waals surface area contributed by atoms with Crippen LogP contribution in [0.1, 0.15) is 25.7 Å². The first-order chi connectivity index (χ1) is 6.20. The molecule has 3 heteroatoms. The van der Waals surface area contributed by atoms with Crippen molar-refractivity contribution in [3.63, 3.8) is 0 Å². The van der Waals surface area contributed by atoms with Crippen LogP contribution in [0.2, 0.25) is 0 Å². The zero-order chi connectivity index (χ0) is 9.42. The molecule has 2 aromatic heterocycles. The molecular weight excluding hydrogens is 162 g/mol. The molecule has 0 aliphatic heterocycles. The van der Waals surface area contributed by atoms with E-state index in [2.05, 4.69) is 28.4 Å². The molecule has 0 N–H and O–H groups in total. The molecule has 13 heavy (non-hydrogen) atoms. The summed E-state index contributed by atoms with van der Waals surface area (Å²) in [5.41, 5.74) is 2.15. The summed E-state index contributed by atoms with van der Waals surface area (Å²) in [5, 5.41) is 0. The predicted molar refractivity (Wildman–Crippen MR) is 52.7 cm³/mol. The van der Waals surface area contributed by atoms with Crippen LogP contribution in [0.15, 0.2) is 18.5 Å². The largest absolute Gasteiger partial charge is 0.326 e. The van der Waals surface area contributed by atoms with Crippen LogP contribution in [0.3, 0.4) is 0 Å². The Balaban J connectivity index is 2.78. The quantitative estimate of drug-likeness (QED) is 0.666. The summed E-state index contributed by atoms with van der Waals surface area (Å²) in [6.45, 7) is 6.35. The highest BCUT2D eigenvalue weighted by Gasteiger charge is 2.08. The molecule has 0 aliphatic rings. The molecule has 0 amide bonds. The molecule has 0 aliphatic carbocycles. The number of imidazole rings is 1. The summed E-state index contributed by atoms with van der Waals surface area (Å²) in [6, 6.07) is 2.46. The maximum atomic E-state index is 4.43. The third kappa shape index (κ3) is 1.20. The third-order valence-electron chi connectivity index (χ3n) is 2.18. The second kappa shape index (κ2) is 2.83. The summed E-state index contributed by atoms with van der Waals surface area (Å²) in [5.74, 6) is 1.05. The second-order valence-electron chi connectivity index (χ2n) is 3.49. The normalized spacial score (nSPS) is 11.4. The van der Waals surface area contributed by atoms with Gasteiger partial charge in [0, 0.05) is 12.2 Å². The number of aryl methyl sites for hydroxylation is 1. The molecule has 0 spiro atoms. The van der Waals surface area contributed by atoms with Crippen molar-refractivity contribution in [1.29, 1.82) is 0 Å². The van der Waals surface area contributed by atoms with Crippen molar-refractivity contribution in [2.75, 3.05) is 0 Å². The van der Waals surface area contributed by atoms with Gasteiger partial charge in [-0.15, -0.1) is 0 Å². The number of pyridine rings is 1. The van der Waals surface area contributed by atoms with Crippen LogP contribution in [0, 0.1) is 6.92 Å². The van der Waals surface area contributed by atoms with Crippen LogP contribution < -0.4 is 0 Å². The monoisotopic (exact) mass is 175 g/mol. The van der Waals surface area contributed by atoms with E-state index in [1.807, 2.05) is 19.2 Å². The van der Waals surface area contributed by atoms with Gasteiger partial charge >= 0.3 is 0 Å². The Hall–Kier alpha value is -1.38. The number of fused-ring (bicyclic) bond motifs is 1. The molecule has 0 aromatic carbocycles. The fourth-order valence-corrected chi connectivity index (χ4v) is 1.72. The molecule has 0 saturated carbocycles. The Morgan fingerprint density at radius 2 is 2.15 bits per heavy atom. The Labute approximate surface area is 77.4 Å². The fraction of sp³-hybridized carbons (Fsp3) is 0.400. The maximum Gasteiger partial charge on any atom is 0.107 e. The van der Waals surface area contributed by atoms with Gasteiger partial charge in [0.25, 0.3) is 0 Å². The standard InChI is InChI=1S/C10H13N3/c1-7(2)13-8(3)12-9-6-11-5-4-10(9)13/h4-7H,1-3H3. The summed E-state index contributed by atoms with van der Waals surface area (Å²) < 4.78 is 2.22. The Morgan fingerprint density at radius 1 is 1.38 bits per heavy atom. The minimum absolute atomic E-state index is 0.451. The maximum absolute atomic E-state index is 4.43. The molecule has 0 fully saturated rings. The molecule has 0 radical (unpaired) electrons. The van der Waals surface area contributed by atoms with E-state index in [-0.39, 0.29) is 0 Å². The first-order valence-electron chi connectivity index (χ1n) is 4.48. The summed E-state index contributed by atoms with van der Waals surface area (Å²) >= 11 is 0. The van der Waals surface area contributed by atoms with Crippen LogP contribution >= 0.6 is 0 Å². The second-order valence-corrected chi connectivity index (χ2v) is 3.49. The highest BCUT2D eigenvalue weighted by atomic mass is 15.1. The zero-order valence-electron chi connectivity index (χ0n) is 8.15. The van der Waals surface area contributed by atoms with E-state index in [1.165, 1.54) is 5.52 Å². The highest BCUT2D eigenvalue weighted by Crippen LogP contribution is 2.18. The molecular formula is C10H13N3. The molecule has 2 rings (SSSR count). The number of aromatic nitrogens is 3. The fourth-order valence-electron chi connectivity index (χ4n) is 1.72. The topological polar surface area (TPSA) is 30.7 Å². The molecule has 0 atom stereocenters. The smallest absolute Gasteiger partial charge is 0.107 e. The van der Waals surface area contributed by atoms with Crippen LogP contribution in [0.5, 0.6) is 0 Å². The average molecular weight is 175 g/mol. The van der Waals surface area contributed by atoms with Crippen LogP contribution in [0.25, 0.3) is 11.0 Å². The number of nitrogens with zero attached hydrogens (tertiary/aromatic N) is 3. The lowest BCUT2D eigenvalue weighted by Gasteiger charge is -2.09. The predicted octanol–water partition coefficient (Wildman–Crippen LogP) is 2.32. The molecule has 3 nitrogen and oxygen atoms in total. The SMILES string of the molecule is Cc1nc2cnccc2n1C(C)C. The Kier molecular flexibility index (Phi) is 1.79. The van der Waals surface area contributed by atoms with E-state index < -0.39 is 0 Å². The van der Waals surface area contributed by atoms with Gasteiger partial charge in [-0.2, -0.15) is 0 Å². The minimum atomic E-state index is 0.451. The van der Waals surface area contributed by atoms with Crippen molar-refractivity contribution in [2.45, 2.75) is 26.8 Å². The van der Waals surface area contributed by atoms with Gasteiger partial charge in [0.1, 0.15) is 11.3 Å². The Morgan fingerprint density at radius 3 is 2.85 bits per heavy atom. The van der Waals surface area contributed by atoms with E-state index in [0.29, 0.717) is 6.04 Å². The van der Waals surface area contributed by atoms with Crippen molar-refractivity contribution in [2.24, 2.45) is 0 Å². The molecule has 0 saturated heterocycles. The van der Waals surface area contributed by atoms with Gasteiger partial charge in [0.15, 0.2) is 0 Å². The zero-order valence-corrected chi connectivity index (χ0v) is 8.15. The number of hydrogen-bond donors (Lipinski definition) is 0. The van der Waals surface area contributed by atoms with Crippen LogP contribution in [0.4, 0.5) is 0 Å². The first-order valence-corrected chi connectivity index (χ1v) is 4.48. The van der Waals surface area contributed by atoms with Crippen molar-refractivity contribution >= 4 is 11.0 Å². The third-order valence-corrected chi connectivity index (χ3v) is 2.18. The van der Waals surface area contributed by atoms with Gasteiger partial charge in [-0.05, 0) is 26.8 Å². The molecule has 2 heterocycles. The summed E-state index contributed by atoms with van der Waals surface area (Å²) in [4.78, 5) is 8.49. The summed E-state index contributed by atoms with van der Waals surface area (Å²) in [6.07, 6.45) is 3.61. The van der Waals surface area contributed by atoms with E-state index in [0.717, 1.165) is 11.3 Å². The number of hydrogen-bond acceptors (Lipinski definition) is 2. The van der Waals surface area contributed by atoms with Gasteiger partial charge in [-0.25, -0.2) is 4.98 Å². The van der Waals surface area contributed by atoms with Gasteiger partial charge < -0.3 is 4.57 Å². The van der Waals surface area contributed by atoms with E-state index in [4.69, 9.17) is 0 Å². The molecule has 0 bridgehead atoms. The molecule has 2 aromatic rings. The van der Waals surface area contributed by atoms with Gasteiger partial charge in [0.05, 0.1) is 11.7 Å². The van der Waals surface area contributed by atoms with Crippen LogP contribution in [-0.4, -0.2) is 14.5 Å². The lowest BCUT2D eigenvalue weighted by molar-refractivity contribution is 0.600. The average Bonchev–Trinajstić information content (AvgIpc) is 2.39. The molecule has 0 unspecified atom stereocenters. The van der Waals surface area contributed by atoms with Crippen molar-refractivity contribution in [1.82, 2.24) is 14.5 Å². The van der Waals surface area contributed by atoms with E-state index >= 15 is 0 Å². The van der Waals surface area contributed by atoms with Gasteiger partial charge in [-0.1, -0.05) is 0 Å². The first kappa shape index (κ1) is 8.23. The van der Waals surface area contributed by atoms with E-state index in [1.54, 1.807) is 6.20 Å². The summed E-state index contributed by atoms with van der Waals surface area (Å²) in [7, 11) is 0. The number of rotatable bonds is 1. The highest BCUT2D eigenvalue weighted by molar-refractivity contribution is 5.74. The Bertz CT molecular complexity index is 429. The van der Waals surface area contributed by atoms with Gasteiger partial charge in [-0.3, -0.25) is 4.98 Å². The van der Waals surface area contributed by atoms with Crippen molar-refractivity contribution < 1.29 is 0 Å². The molecule has 68 valence electrons. The minimum Gasteiger partial charge on any atom is -0.326 e. The van der Waals surface area contributed by atoms with E-state index in [9.17, 15) is 0 Å². The van der Waals surface area contributed by atoms with Crippen molar-refractivity contribution in [3.8, 4) is 0 Å². The lowest BCUT2D eigenvalue weighted by Crippen LogP contribution is -2.02. The van der Waals surface area contributed by atoms with Crippen molar-refractivity contribution in [3.05, 3.63) is 24.3 Å².